The highest BCUT2D eigenvalue weighted by molar-refractivity contribution is 6.74. The Labute approximate surface area is 345 Å². The second kappa shape index (κ2) is 17.6. The summed E-state index contributed by atoms with van der Waals surface area (Å²) in [5.41, 5.74) is -0.131. The van der Waals surface area contributed by atoms with E-state index in [9.17, 15) is 14.7 Å². The number of hydrogen-bond acceptors (Lipinski definition) is 10. The molecule has 4 aliphatic rings. The third-order valence-electron chi connectivity index (χ3n) is 14.7. The van der Waals surface area contributed by atoms with Gasteiger partial charge in [-0.15, -0.1) is 0 Å². The van der Waals surface area contributed by atoms with Crippen molar-refractivity contribution in [2.75, 3.05) is 13.2 Å². The molecule has 0 aromatic heterocycles. The van der Waals surface area contributed by atoms with Crippen molar-refractivity contribution in [3.63, 3.8) is 0 Å². The maximum Gasteiger partial charge on any atom is 0.338 e. The van der Waals surface area contributed by atoms with Crippen LogP contribution < -0.4 is 0 Å². The Bertz CT molecular complexity index is 1570. The van der Waals surface area contributed by atoms with Gasteiger partial charge in [-0.2, -0.15) is 0 Å². The van der Waals surface area contributed by atoms with Crippen LogP contribution in [0.5, 0.6) is 0 Å². The maximum atomic E-state index is 14.4. The molecule has 2 aliphatic heterocycles. The molecule has 12 heteroatoms. The number of carbonyl (C=O) groups excluding carboxylic acids is 2. The average Bonchev–Trinajstić information content (AvgIpc) is 3.49. The predicted octanol–water partition coefficient (Wildman–Crippen LogP) is 9.37. The minimum absolute atomic E-state index is 0.0225. The van der Waals surface area contributed by atoms with E-state index < -0.39 is 87.2 Å². The molecular weight excluding hydrogens is 757 g/mol. The van der Waals surface area contributed by atoms with Gasteiger partial charge in [0.1, 0.15) is 18.3 Å². The first kappa shape index (κ1) is 46.2. The lowest BCUT2D eigenvalue weighted by Gasteiger charge is -2.67. The lowest BCUT2D eigenvalue weighted by molar-refractivity contribution is -0.347. The van der Waals surface area contributed by atoms with Crippen LogP contribution in [0.25, 0.3) is 0 Å². The second-order valence-electron chi connectivity index (χ2n) is 18.6. The van der Waals surface area contributed by atoms with E-state index in [4.69, 9.17) is 32.5 Å². The van der Waals surface area contributed by atoms with Gasteiger partial charge in [-0.3, -0.25) is 4.79 Å². The molecule has 9 atom stereocenters. The van der Waals surface area contributed by atoms with Crippen molar-refractivity contribution in [2.24, 2.45) is 16.7 Å². The number of rotatable bonds is 16. The summed E-state index contributed by atoms with van der Waals surface area (Å²) in [6, 6.07) is 14.8. The second-order valence-corrected chi connectivity index (χ2v) is 28.1. The Morgan fingerprint density at radius 1 is 0.877 bits per heavy atom. The van der Waals surface area contributed by atoms with Gasteiger partial charge in [0.2, 0.25) is 0 Å². The molecule has 57 heavy (non-hydrogen) atoms. The molecule has 1 aromatic rings. The van der Waals surface area contributed by atoms with Crippen molar-refractivity contribution in [1.29, 1.82) is 0 Å². The van der Waals surface area contributed by atoms with Crippen LogP contribution in [0.15, 0.2) is 41.5 Å². The summed E-state index contributed by atoms with van der Waals surface area (Å²) >= 11 is 0. The Hall–Kier alpha value is -1.91. The van der Waals surface area contributed by atoms with Crippen molar-refractivity contribution >= 4 is 28.6 Å². The smallest absolute Gasteiger partial charge is 0.338 e. The molecular formula is C45H74O10Si2. The number of benzene rings is 1. The molecule has 4 fully saturated rings. The molecule has 10 nitrogen and oxygen atoms in total. The van der Waals surface area contributed by atoms with Gasteiger partial charge in [0, 0.05) is 25.4 Å². The molecule has 2 saturated carbocycles. The molecule has 0 amide bonds. The fourth-order valence-corrected chi connectivity index (χ4v) is 17.1. The highest BCUT2D eigenvalue weighted by Crippen LogP contribution is 2.65. The van der Waals surface area contributed by atoms with Crippen LogP contribution in [-0.2, 0) is 37.3 Å². The van der Waals surface area contributed by atoms with Crippen LogP contribution in [0.4, 0.5) is 0 Å². The zero-order chi connectivity index (χ0) is 42.2. The number of esters is 2. The topological polar surface area (TPSA) is 119 Å². The molecule has 2 heterocycles. The van der Waals surface area contributed by atoms with Crippen LogP contribution in [0, 0.1) is 16.7 Å². The molecule has 2 saturated heterocycles. The lowest BCUT2D eigenvalue weighted by Crippen LogP contribution is -2.79. The maximum absolute atomic E-state index is 14.4. The highest BCUT2D eigenvalue weighted by Gasteiger charge is 2.76. The van der Waals surface area contributed by atoms with Gasteiger partial charge in [-0.1, -0.05) is 80.5 Å². The first-order valence-electron chi connectivity index (χ1n) is 21.9. The molecule has 8 unspecified atom stereocenters. The van der Waals surface area contributed by atoms with Gasteiger partial charge in [-0.25, -0.2) is 4.79 Å². The molecule has 1 aromatic carbocycles. The van der Waals surface area contributed by atoms with E-state index in [0.717, 1.165) is 47.4 Å². The number of aliphatic hydroxyl groups is 1. The molecule has 0 bridgehead atoms. The Kier molecular flexibility index (Phi) is 14.3. The van der Waals surface area contributed by atoms with E-state index >= 15 is 0 Å². The minimum Gasteiger partial charge on any atom is -0.458 e. The predicted molar refractivity (Wildman–Crippen MR) is 227 cm³/mol. The quantitative estimate of drug-likeness (QED) is 0.0981. The van der Waals surface area contributed by atoms with Gasteiger partial charge in [-0.05, 0) is 98.6 Å². The first-order valence-corrected chi connectivity index (χ1v) is 27.0. The summed E-state index contributed by atoms with van der Waals surface area (Å²) in [6.45, 7) is 27.6. The molecule has 5 rings (SSSR count). The standard InChI is InChI=1S/C45H74O10Si2/c1-14-56(15-2,16-3)54-33(25-26-46)30(7)37-38-40(53-43(11,12)52-38)44(13)35(55-57(17-4,18-5)19-6)27-36-45(29-49-36,51-31(8)47)39(44)34(28-42(37,9)10)50-41(48)32-23-21-20-22-24-32/h20-24,33-36,38-40,46H,14-19,25-29H2,1-13H3/b37-30-/t33?,34?,35?,36?,38?,39?,40?,44-,45?/m1/s1. The van der Waals surface area contributed by atoms with E-state index in [1.54, 1.807) is 12.1 Å². The normalized spacial score (nSPS) is 33.4. The third-order valence-corrected chi connectivity index (χ3v) is 24.0. The highest BCUT2D eigenvalue weighted by atomic mass is 28.4. The van der Waals surface area contributed by atoms with Gasteiger partial charge in [0.05, 0.1) is 36.4 Å². The SMILES string of the molecule is CC[Si](CC)(CC)OC(CCO)/C(C)=C1/C2OC(C)(C)OC2[C@]2(C)C(O[Si](CC)(CC)CC)CC3OCC3(OC(C)=O)C2C(OC(=O)c2ccccc2)CC1(C)C. The number of aliphatic hydroxyl groups excluding tert-OH is 1. The molecule has 2 aliphatic carbocycles. The van der Waals surface area contributed by atoms with E-state index in [1.807, 2.05) is 32.0 Å². The van der Waals surface area contributed by atoms with Gasteiger partial charge < -0.3 is 37.6 Å². The largest absolute Gasteiger partial charge is 0.458 e. The van der Waals surface area contributed by atoms with Crippen molar-refractivity contribution in [1.82, 2.24) is 0 Å². The summed E-state index contributed by atoms with van der Waals surface area (Å²) in [7, 11) is -4.43. The Morgan fingerprint density at radius 2 is 1.47 bits per heavy atom. The van der Waals surface area contributed by atoms with E-state index in [2.05, 4.69) is 69.2 Å². The van der Waals surface area contributed by atoms with Gasteiger partial charge >= 0.3 is 11.9 Å². The average molecular weight is 831 g/mol. The van der Waals surface area contributed by atoms with Crippen molar-refractivity contribution in [3.05, 3.63) is 47.0 Å². The zero-order valence-electron chi connectivity index (χ0n) is 37.3. The summed E-state index contributed by atoms with van der Waals surface area (Å²) in [5, 5.41) is 10.6. The minimum atomic E-state index is -2.29. The molecule has 1 N–H and O–H groups in total. The number of carbonyl (C=O) groups is 2. The fourth-order valence-electron chi connectivity index (χ4n) is 11.2. The molecule has 0 radical (unpaired) electrons. The van der Waals surface area contributed by atoms with Crippen molar-refractivity contribution in [3.8, 4) is 0 Å². The van der Waals surface area contributed by atoms with Crippen molar-refractivity contribution in [2.45, 2.75) is 194 Å². The van der Waals surface area contributed by atoms with Crippen LogP contribution in [0.2, 0.25) is 36.3 Å². The van der Waals surface area contributed by atoms with Crippen LogP contribution in [0.3, 0.4) is 0 Å². The van der Waals surface area contributed by atoms with E-state index in [1.165, 1.54) is 6.92 Å². The summed E-state index contributed by atoms with van der Waals surface area (Å²) in [6.07, 6.45) is -1.73. The van der Waals surface area contributed by atoms with Crippen LogP contribution in [0.1, 0.15) is 120 Å². The Balaban J connectivity index is 1.84. The van der Waals surface area contributed by atoms with Gasteiger partial charge in [0.25, 0.3) is 0 Å². The zero-order valence-corrected chi connectivity index (χ0v) is 39.3. The van der Waals surface area contributed by atoms with Crippen molar-refractivity contribution < 1.29 is 47.2 Å². The summed E-state index contributed by atoms with van der Waals surface area (Å²) in [5.74, 6) is -2.42. The lowest BCUT2D eigenvalue weighted by atomic mass is 9.48. The van der Waals surface area contributed by atoms with Crippen LogP contribution in [-0.4, -0.2) is 94.9 Å². The Morgan fingerprint density at radius 3 is 1.98 bits per heavy atom. The summed E-state index contributed by atoms with van der Waals surface area (Å²) < 4.78 is 49.1. The number of hydrogen-bond donors (Lipinski definition) is 1. The molecule has 322 valence electrons. The number of ether oxygens (including phenoxy) is 5. The first-order chi connectivity index (χ1) is 26.8. The number of fused-ring (bicyclic) bond motifs is 5. The van der Waals surface area contributed by atoms with E-state index in [0.29, 0.717) is 24.8 Å². The van der Waals surface area contributed by atoms with Gasteiger partial charge in [0.15, 0.2) is 28.0 Å². The van der Waals surface area contributed by atoms with Crippen LogP contribution >= 0.6 is 0 Å². The fraction of sp³-hybridized carbons (Fsp3) is 0.778. The molecule has 0 spiro atoms. The summed E-state index contributed by atoms with van der Waals surface area (Å²) in [4.78, 5) is 27.6. The third kappa shape index (κ3) is 8.54. The van der Waals surface area contributed by atoms with E-state index in [-0.39, 0.29) is 19.3 Å². The monoisotopic (exact) mass is 830 g/mol.